The Bertz CT molecular complexity index is 456. The first-order valence-electron chi connectivity index (χ1n) is 5.67. The van der Waals surface area contributed by atoms with E-state index in [2.05, 4.69) is 56.0 Å². The van der Waals surface area contributed by atoms with E-state index in [4.69, 9.17) is 0 Å². The number of hydrogen-bond acceptors (Lipinski definition) is 3. The van der Waals surface area contributed by atoms with Crippen LogP contribution in [-0.2, 0) is 0 Å². The van der Waals surface area contributed by atoms with Crippen molar-refractivity contribution < 1.29 is 0 Å². The van der Waals surface area contributed by atoms with Gasteiger partial charge in [0.05, 0.1) is 6.04 Å². The van der Waals surface area contributed by atoms with E-state index in [0.717, 1.165) is 17.4 Å². The summed E-state index contributed by atoms with van der Waals surface area (Å²) in [6, 6.07) is 4.53. The van der Waals surface area contributed by atoms with Crippen molar-refractivity contribution in [3.05, 3.63) is 50.9 Å². The van der Waals surface area contributed by atoms with E-state index in [-0.39, 0.29) is 6.04 Å². The van der Waals surface area contributed by atoms with E-state index in [0.29, 0.717) is 0 Å². The van der Waals surface area contributed by atoms with Gasteiger partial charge in [-0.1, -0.05) is 6.92 Å². The van der Waals surface area contributed by atoms with E-state index >= 15 is 0 Å². The Balaban J connectivity index is 2.27. The molecular weight excluding hydrogens is 296 g/mol. The molecule has 0 aliphatic heterocycles. The summed E-state index contributed by atoms with van der Waals surface area (Å²) in [6.07, 6.45) is 4.87. The van der Waals surface area contributed by atoms with Crippen molar-refractivity contribution in [2.24, 2.45) is 0 Å². The van der Waals surface area contributed by atoms with Crippen LogP contribution in [0.2, 0.25) is 0 Å². The predicted molar refractivity (Wildman–Crippen MR) is 76.4 cm³/mol. The van der Waals surface area contributed by atoms with Crippen LogP contribution < -0.4 is 5.32 Å². The average molecular weight is 311 g/mol. The van der Waals surface area contributed by atoms with Crippen LogP contribution in [0.3, 0.4) is 0 Å². The minimum absolute atomic E-state index is 0.242. The number of nitrogens with zero attached hydrogens (tertiary/aromatic N) is 1. The smallest absolute Gasteiger partial charge is 0.0600 e. The quantitative estimate of drug-likeness (QED) is 0.903. The lowest BCUT2D eigenvalue weighted by Gasteiger charge is -2.17. The molecule has 1 unspecified atom stereocenters. The molecule has 1 N–H and O–H groups in total. The van der Waals surface area contributed by atoms with Gasteiger partial charge in [0, 0.05) is 16.9 Å². The SMILES string of the molecule is CCCNC(c1ccsc1)c1cncc(Br)c1. The van der Waals surface area contributed by atoms with Crippen LogP contribution in [0.15, 0.2) is 39.8 Å². The second-order valence-electron chi connectivity index (χ2n) is 3.88. The second kappa shape index (κ2) is 6.28. The van der Waals surface area contributed by atoms with Crippen molar-refractivity contribution >= 4 is 27.3 Å². The molecule has 2 aromatic heterocycles. The van der Waals surface area contributed by atoms with Gasteiger partial charge in [-0.15, -0.1) is 0 Å². The van der Waals surface area contributed by atoms with Crippen molar-refractivity contribution in [1.29, 1.82) is 0 Å². The third-order valence-corrected chi connectivity index (χ3v) is 3.67. The predicted octanol–water partition coefficient (Wildman–Crippen LogP) is 3.99. The van der Waals surface area contributed by atoms with Crippen LogP contribution in [-0.4, -0.2) is 11.5 Å². The zero-order chi connectivity index (χ0) is 12.1. The number of rotatable bonds is 5. The van der Waals surface area contributed by atoms with Crippen LogP contribution >= 0.6 is 27.3 Å². The zero-order valence-corrected chi connectivity index (χ0v) is 12.1. The Morgan fingerprint density at radius 2 is 2.29 bits per heavy atom. The average Bonchev–Trinajstić information content (AvgIpc) is 2.83. The van der Waals surface area contributed by atoms with Gasteiger partial charge in [0.15, 0.2) is 0 Å². The second-order valence-corrected chi connectivity index (χ2v) is 5.58. The fourth-order valence-electron chi connectivity index (χ4n) is 1.74. The fourth-order valence-corrected chi connectivity index (χ4v) is 2.81. The first-order valence-corrected chi connectivity index (χ1v) is 7.40. The molecule has 0 aliphatic carbocycles. The lowest BCUT2D eigenvalue weighted by Crippen LogP contribution is -2.22. The maximum atomic E-state index is 4.24. The molecule has 0 saturated heterocycles. The molecule has 2 heterocycles. The van der Waals surface area contributed by atoms with Crippen LogP contribution in [0.5, 0.6) is 0 Å². The number of nitrogens with one attached hydrogen (secondary N) is 1. The number of pyridine rings is 1. The topological polar surface area (TPSA) is 24.9 Å². The molecule has 0 amide bonds. The molecule has 2 aromatic rings. The fraction of sp³-hybridized carbons (Fsp3) is 0.308. The summed E-state index contributed by atoms with van der Waals surface area (Å²) in [5.41, 5.74) is 2.51. The van der Waals surface area contributed by atoms with E-state index in [1.54, 1.807) is 11.3 Å². The first-order chi connectivity index (χ1) is 8.31. The molecule has 2 nitrogen and oxygen atoms in total. The maximum Gasteiger partial charge on any atom is 0.0600 e. The van der Waals surface area contributed by atoms with Gasteiger partial charge in [0.1, 0.15) is 0 Å². The highest BCUT2D eigenvalue weighted by atomic mass is 79.9. The van der Waals surface area contributed by atoms with Crippen molar-refractivity contribution in [1.82, 2.24) is 10.3 Å². The summed E-state index contributed by atoms with van der Waals surface area (Å²) in [6.45, 7) is 3.18. The molecule has 0 saturated carbocycles. The van der Waals surface area contributed by atoms with Gasteiger partial charge in [-0.2, -0.15) is 11.3 Å². The zero-order valence-electron chi connectivity index (χ0n) is 9.69. The minimum atomic E-state index is 0.242. The number of halogens is 1. The number of thiophene rings is 1. The summed E-state index contributed by atoms with van der Waals surface area (Å²) < 4.78 is 1.02. The molecule has 1 atom stereocenters. The molecular formula is C13H15BrN2S. The molecule has 0 spiro atoms. The molecule has 90 valence electrons. The molecule has 2 rings (SSSR count). The third kappa shape index (κ3) is 3.37. The highest BCUT2D eigenvalue weighted by molar-refractivity contribution is 9.10. The van der Waals surface area contributed by atoms with E-state index in [1.807, 2.05) is 12.4 Å². The summed E-state index contributed by atoms with van der Waals surface area (Å²) >= 11 is 5.20. The van der Waals surface area contributed by atoms with Gasteiger partial charge in [-0.25, -0.2) is 0 Å². The highest BCUT2D eigenvalue weighted by Gasteiger charge is 2.14. The molecule has 17 heavy (non-hydrogen) atoms. The van der Waals surface area contributed by atoms with Crippen molar-refractivity contribution in [2.45, 2.75) is 19.4 Å². The van der Waals surface area contributed by atoms with Gasteiger partial charge in [-0.05, 0) is 62.9 Å². The first kappa shape index (κ1) is 12.7. The molecule has 4 heteroatoms. The largest absolute Gasteiger partial charge is 0.306 e. The standard InChI is InChI=1S/C13H15BrN2S/c1-2-4-16-13(10-3-5-17-9-10)11-6-12(14)8-15-7-11/h3,5-9,13,16H,2,4H2,1H3. The van der Waals surface area contributed by atoms with Gasteiger partial charge < -0.3 is 5.32 Å². The Labute approximate surface area is 114 Å². The van der Waals surface area contributed by atoms with Crippen LogP contribution in [0.4, 0.5) is 0 Å². The van der Waals surface area contributed by atoms with Gasteiger partial charge in [-0.3, -0.25) is 4.98 Å². The van der Waals surface area contributed by atoms with Crippen LogP contribution in [0, 0.1) is 0 Å². The van der Waals surface area contributed by atoms with Crippen LogP contribution in [0.25, 0.3) is 0 Å². The molecule has 0 radical (unpaired) electrons. The van der Waals surface area contributed by atoms with Crippen molar-refractivity contribution in [3.63, 3.8) is 0 Å². The van der Waals surface area contributed by atoms with Gasteiger partial charge in [0.25, 0.3) is 0 Å². The van der Waals surface area contributed by atoms with Crippen molar-refractivity contribution in [3.8, 4) is 0 Å². The normalized spacial score (nSPS) is 12.6. The van der Waals surface area contributed by atoms with Crippen LogP contribution in [0.1, 0.15) is 30.5 Å². The van der Waals surface area contributed by atoms with Gasteiger partial charge >= 0.3 is 0 Å². The number of aromatic nitrogens is 1. The summed E-state index contributed by atoms with van der Waals surface area (Å²) in [7, 11) is 0. The third-order valence-electron chi connectivity index (χ3n) is 2.53. The van der Waals surface area contributed by atoms with Gasteiger partial charge in [0.2, 0.25) is 0 Å². The molecule has 0 aliphatic rings. The lowest BCUT2D eigenvalue weighted by atomic mass is 10.0. The van der Waals surface area contributed by atoms with E-state index < -0.39 is 0 Å². The summed E-state index contributed by atoms with van der Waals surface area (Å²) in [5, 5.41) is 7.86. The molecule has 0 aromatic carbocycles. The number of hydrogen-bond donors (Lipinski definition) is 1. The molecule has 0 fully saturated rings. The Morgan fingerprint density at radius 3 is 2.94 bits per heavy atom. The Hall–Kier alpha value is -0.710. The Kier molecular flexibility index (Phi) is 4.71. The van der Waals surface area contributed by atoms with E-state index in [1.165, 1.54) is 11.1 Å². The molecule has 0 bridgehead atoms. The monoisotopic (exact) mass is 310 g/mol. The Morgan fingerprint density at radius 1 is 1.41 bits per heavy atom. The minimum Gasteiger partial charge on any atom is -0.306 e. The van der Waals surface area contributed by atoms with E-state index in [9.17, 15) is 0 Å². The highest BCUT2D eigenvalue weighted by Crippen LogP contribution is 2.25. The summed E-state index contributed by atoms with van der Waals surface area (Å²) in [5.74, 6) is 0. The summed E-state index contributed by atoms with van der Waals surface area (Å²) in [4.78, 5) is 4.24. The van der Waals surface area contributed by atoms with Crippen molar-refractivity contribution in [2.75, 3.05) is 6.54 Å². The lowest BCUT2D eigenvalue weighted by molar-refractivity contribution is 0.598. The maximum absolute atomic E-state index is 4.24.